The summed E-state index contributed by atoms with van der Waals surface area (Å²) < 4.78 is 17.0. The van der Waals surface area contributed by atoms with E-state index in [9.17, 15) is 9.90 Å². The van der Waals surface area contributed by atoms with Crippen LogP contribution in [0.3, 0.4) is 0 Å². The first-order valence-corrected chi connectivity index (χ1v) is 9.22. The molecule has 3 rings (SSSR count). The number of hydrogen-bond acceptors (Lipinski definition) is 5. The fourth-order valence-electron chi connectivity index (χ4n) is 3.37. The van der Waals surface area contributed by atoms with Gasteiger partial charge in [-0.1, -0.05) is 12.1 Å². The second kappa shape index (κ2) is 8.56. The number of benzene rings is 1. The summed E-state index contributed by atoms with van der Waals surface area (Å²) in [5.41, 5.74) is 1.08. The van der Waals surface area contributed by atoms with E-state index in [1.807, 2.05) is 37.3 Å². The number of allylic oxidation sites excluding steroid dienone is 1. The van der Waals surface area contributed by atoms with Gasteiger partial charge < -0.3 is 24.2 Å². The van der Waals surface area contributed by atoms with Crippen LogP contribution in [0.4, 0.5) is 0 Å². The minimum absolute atomic E-state index is 0.0170. The molecule has 3 atom stereocenters. The molecule has 6 heteroatoms. The highest BCUT2D eigenvalue weighted by molar-refractivity contribution is 5.93. The van der Waals surface area contributed by atoms with Crippen LogP contribution in [0, 0.1) is 5.92 Å². The molecular weight excluding hydrogens is 334 g/mol. The van der Waals surface area contributed by atoms with Gasteiger partial charge in [-0.3, -0.25) is 4.79 Å². The molecule has 0 radical (unpaired) electrons. The smallest absolute Gasteiger partial charge is 0.288 e. The molecule has 2 aliphatic rings. The van der Waals surface area contributed by atoms with E-state index in [0.717, 1.165) is 30.8 Å². The predicted molar refractivity (Wildman–Crippen MR) is 96.7 cm³/mol. The standard InChI is InChI=1S/C20H27NO5/c1-3-25-20-16(5-4-12-22)17(14-6-8-15(24-2)9-7-14)13-18(26-20)19(23)21-10-11-21/h6-9,13,16-17,20,22H,3-5,10-12H2,1-2H3/t16-,17+,20+/m1/s1. The zero-order valence-electron chi connectivity index (χ0n) is 15.4. The molecule has 1 amide bonds. The van der Waals surface area contributed by atoms with Crippen molar-refractivity contribution in [2.75, 3.05) is 33.4 Å². The van der Waals surface area contributed by atoms with E-state index in [1.165, 1.54) is 0 Å². The Morgan fingerprint density at radius 3 is 2.62 bits per heavy atom. The summed E-state index contributed by atoms with van der Waals surface area (Å²) in [6, 6.07) is 7.87. The van der Waals surface area contributed by atoms with Gasteiger partial charge in [0, 0.05) is 38.1 Å². The van der Waals surface area contributed by atoms with Gasteiger partial charge in [-0.25, -0.2) is 0 Å². The third kappa shape index (κ3) is 4.19. The molecule has 1 N–H and O–H groups in total. The lowest BCUT2D eigenvalue weighted by Gasteiger charge is -2.37. The number of rotatable bonds is 8. The minimum Gasteiger partial charge on any atom is -0.497 e. The molecule has 0 aliphatic carbocycles. The van der Waals surface area contributed by atoms with Crippen molar-refractivity contribution in [3.8, 4) is 5.75 Å². The zero-order chi connectivity index (χ0) is 18.5. The second-order valence-electron chi connectivity index (χ2n) is 6.59. The summed E-state index contributed by atoms with van der Waals surface area (Å²) >= 11 is 0. The second-order valence-corrected chi connectivity index (χ2v) is 6.59. The molecule has 1 saturated heterocycles. The summed E-state index contributed by atoms with van der Waals surface area (Å²) in [5.74, 6) is 1.09. The van der Waals surface area contributed by atoms with Gasteiger partial charge in [-0.15, -0.1) is 0 Å². The fourth-order valence-corrected chi connectivity index (χ4v) is 3.37. The van der Waals surface area contributed by atoms with Crippen LogP contribution < -0.4 is 4.74 Å². The van der Waals surface area contributed by atoms with Gasteiger partial charge in [0.1, 0.15) is 5.75 Å². The molecule has 0 saturated carbocycles. The van der Waals surface area contributed by atoms with Gasteiger partial charge in [0.05, 0.1) is 7.11 Å². The number of ether oxygens (including phenoxy) is 3. The van der Waals surface area contributed by atoms with Crippen molar-refractivity contribution >= 4 is 5.91 Å². The van der Waals surface area contributed by atoms with Crippen LogP contribution >= 0.6 is 0 Å². The van der Waals surface area contributed by atoms with Crippen molar-refractivity contribution in [3.63, 3.8) is 0 Å². The van der Waals surface area contributed by atoms with E-state index in [2.05, 4.69) is 0 Å². The summed E-state index contributed by atoms with van der Waals surface area (Å²) in [6.07, 6.45) is 2.83. The van der Waals surface area contributed by atoms with E-state index in [-0.39, 0.29) is 24.3 Å². The number of aliphatic hydroxyl groups is 1. The maximum atomic E-state index is 12.5. The summed E-state index contributed by atoms with van der Waals surface area (Å²) in [5, 5.41) is 9.29. The van der Waals surface area contributed by atoms with Crippen LogP contribution in [0.5, 0.6) is 5.75 Å². The Morgan fingerprint density at radius 2 is 2.04 bits per heavy atom. The Balaban J connectivity index is 1.93. The Hall–Kier alpha value is -2.05. The van der Waals surface area contributed by atoms with Crippen LogP contribution in [-0.2, 0) is 14.3 Å². The first-order chi connectivity index (χ1) is 12.7. The fraction of sp³-hybridized carbons (Fsp3) is 0.550. The third-order valence-corrected chi connectivity index (χ3v) is 4.86. The molecule has 1 fully saturated rings. The van der Waals surface area contributed by atoms with Crippen LogP contribution in [0.25, 0.3) is 0 Å². The highest BCUT2D eigenvalue weighted by Crippen LogP contribution is 2.40. The lowest BCUT2D eigenvalue weighted by molar-refractivity contribution is -0.168. The lowest BCUT2D eigenvalue weighted by Crippen LogP contribution is -2.37. The van der Waals surface area contributed by atoms with Crippen molar-refractivity contribution in [2.45, 2.75) is 32.0 Å². The first-order valence-electron chi connectivity index (χ1n) is 9.22. The van der Waals surface area contributed by atoms with Crippen molar-refractivity contribution in [1.82, 2.24) is 4.90 Å². The van der Waals surface area contributed by atoms with Crippen molar-refractivity contribution in [2.24, 2.45) is 5.92 Å². The Kier molecular flexibility index (Phi) is 6.16. The van der Waals surface area contributed by atoms with Gasteiger partial charge >= 0.3 is 0 Å². The molecule has 0 aromatic heterocycles. The quantitative estimate of drug-likeness (QED) is 0.720. The molecule has 2 aliphatic heterocycles. The lowest BCUT2D eigenvalue weighted by atomic mass is 9.80. The molecule has 0 unspecified atom stereocenters. The highest BCUT2D eigenvalue weighted by atomic mass is 16.7. The minimum atomic E-state index is -0.498. The average molecular weight is 361 g/mol. The number of methoxy groups -OCH3 is 1. The normalized spacial score (nSPS) is 24.7. The largest absolute Gasteiger partial charge is 0.497 e. The van der Waals surface area contributed by atoms with Gasteiger partial charge in [0.15, 0.2) is 5.76 Å². The van der Waals surface area contributed by atoms with Gasteiger partial charge in [-0.05, 0) is 43.5 Å². The van der Waals surface area contributed by atoms with E-state index in [4.69, 9.17) is 14.2 Å². The monoisotopic (exact) mass is 361 g/mol. The number of carbonyl (C=O) groups excluding carboxylic acids is 1. The maximum absolute atomic E-state index is 12.5. The molecule has 26 heavy (non-hydrogen) atoms. The molecule has 0 spiro atoms. The van der Waals surface area contributed by atoms with E-state index >= 15 is 0 Å². The van der Waals surface area contributed by atoms with E-state index in [0.29, 0.717) is 18.8 Å². The molecule has 142 valence electrons. The molecule has 1 aromatic rings. The van der Waals surface area contributed by atoms with Crippen molar-refractivity contribution < 1.29 is 24.1 Å². The Labute approximate surface area is 154 Å². The molecule has 2 heterocycles. The SMILES string of the molecule is CCO[C@H]1OC(C(=O)N2CC2)=C[C@@H](c2ccc(OC)cc2)[C@H]1CCCO. The summed E-state index contributed by atoms with van der Waals surface area (Å²) in [6.45, 7) is 4.09. The molecule has 0 bridgehead atoms. The molecular formula is C20H27NO5. The van der Waals surface area contributed by atoms with E-state index in [1.54, 1.807) is 12.0 Å². The van der Waals surface area contributed by atoms with Crippen molar-refractivity contribution in [1.29, 1.82) is 0 Å². The van der Waals surface area contributed by atoms with Gasteiger partial charge in [-0.2, -0.15) is 0 Å². The first kappa shape index (κ1) is 18.7. The number of aliphatic hydroxyl groups excluding tert-OH is 1. The summed E-state index contributed by atoms with van der Waals surface area (Å²) in [4.78, 5) is 14.3. The van der Waals surface area contributed by atoms with Gasteiger partial charge in [0.2, 0.25) is 6.29 Å². The molecule has 1 aromatic carbocycles. The van der Waals surface area contributed by atoms with Gasteiger partial charge in [0.25, 0.3) is 5.91 Å². The zero-order valence-corrected chi connectivity index (χ0v) is 15.4. The molecule has 6 nitrogen and oxygen atoms in total. The number of carbonyl (C=O) groups is 1. The number of nitrogens with zero attached hydrogens (tertiary/aromatic N) is 1. The third-order valence-electron chi connectivity index (χ3n) is 4.86. The Bertz CT molecular complexity index is 638. The van der Waals surface area contributed by atoms with E-state index < -0.39 is 6.29 Å². The van der Waals surface area contributed by atoms with Crippen LogP contribution in [-0.4, -0.2) is 55.6 Å². The average Bonchev–Trinajstić information content (AvgIpc) is 3.51. The topological polar surface area (TPSA) is 68.0 Å². The Morgan fingerprint density at radius 1 is 1.31 bits per heavy atom. The number of hydrogen-bond donors (Lipinski definition) is 1. The predicted octanol–water partition coefficient (Wildman–Crippen LogP) is 2.29. The van der Waals surface area contributed by atoms with Crippen molar-refractivity contribution in [3.05, 3.63) is 41.7 Å². The summed E-state index contributed by atoms with van der Waals surface area (Å²) in [7, 11) is 1.64. The highest BCUT2D eigenvalue weighted by Gasteiger charge is 2.40. The van der Waals surface area contributed by atoms with Crippen LogP contribution in [0.2, 0.25) is 0 Å². The maximum Gasteiger partial charge on any atom is 0.288 e. The number of amides is 1. The van der Waals surface area contributed by atoms with Crippen LogP contribution in [0.1, 0.15) is 31.2 Å². The van der Waals surface area contributed by atoms with Crippen LogP contribution in [0.15, 0.2) is 36.1 Å².